The van der Waals surface area contributed by atoms with Crippen LogP contribution in [0.25, 0.3) is 0 Å². The van der Waals surface area contributed by atoms with Gasteiger partial charge in [0, 0.05) is 11.8 Å². The summed E-state index contributed by atoms with van der Waals surface area (Å²) in [5.41, 5.74) is -1.88. The Balaban J connectivity index is 1.62. The maximum absolute atomic E-state index is 12.2. The van der Waals surface area contributed by atoms with Crippen LogP contribution in [0.15, 0.2) is 0 Å². The van der Waals surface area contributed by atoms with E-state index < -0.39 is 35.0 Å². The van der Waals surface area contributed by atoms with Gasteiger partial charge >= 0.3 is 17.9 Å². The standard InChI is InChI=1S/C18H26O6/c1-6-16(2,3)14(20)22-9-12(19)24-18(5)10-7-11-13(18)23-15(21)17(11,4)8-10/h10-11,13H,6-9H2,1-5H3. The van der Waals surface area contributed by atoms with Crippen LogP contribution in [0.2, 0.25) is 0 Å². The van der Waals surface area contributed by atoms with Gasteiger partial charge in [0.2, 0.25) is 0 Å². The summed E-state index contributed by atoms with van der Waals surface area (Å²) in [6.07, 6.45) is 1.75. The summed E-state index contributed by atoms with van der Waals surface area (Å²) in [5.74, 6) is -0.976. The molecule has 0 radical (unpaired) electrons. The number of fused-ring (bicyclic) bond motifs is 1. The first-order chi connectivity index (χ1) is 11.0. The highest BCUT2D eigenvalue weighted by Gasteiger charge is 2.74. The summed E-state index contributed by atoms with van der Waals surface area (Å²) in [5, 5.41) is 0. The molecule has 1 saturated heterocycles. The van der Waals surface area contributed by atoms with Gasteiger partial charge in [0.1, 0.15) is 11.7 Å². The lowest BCUT2D eigenvalue weighted by molar-refractivity contribution is -0.187. The van der Waals surface area contributed by atoms with E-state index in [-0.39, 0.29) is 23.9 Å². The van der Waals surface area contributed by atoms with Gasteiger partial charge in [-0.05, 0) is 47.0 Å². The molecule has 6 nitrogen and oxygen atoms in total. The first-order valence-electron chi connectivity index (χ1n) is 8.65. The van der Waals surface area contributed by atoms with E-state index in [1.54, 1.807) is 13.8 Å². The van der Waals surface area contributed by atoms with Gasteiger partial charge in [-0.25, -0.2) is 4.79 Å². The number of carbonyl (C=O) groups excluding carboxylic acids is 3. The zero-order valence-corrected chi connectivity index (χ0v) is 15.0. The molecule has 3 fully saturated rings. The van der Waals surface area contributed by atoms with Crippen LogP contribution in [0.4, 0.5) is 0 Å². The third-order valence-corrected chi connectivity index (χ3v) is 6.56. The van der Waals surface area contributed by atoms with Crippen LogP contribution >= 0.6 is 0 Å². The molecule has 0 spiro atoms. The molecule has 5 unspecified atom stereocenters. The molecule has 0 aromatic heterocycles. The molecular formula is C18H26O6. The van der Waals surface area contributed by atoms with E-state index >= 15 is 0 Å². The van der Waals surface area contributed by atoms with Crippen molar-refractivity contribution in [3.63, 3.8) is 0 Å². The zero-order valence-electron chi connectivity index (χ0n) is 15.0. The minimum atomic E-state index is -0.819. The largest absolute Gasteiger partial charge is 0.457 e. The number of carbonyl (C=O) groups is 3. The summed E-state index contributed by atoms with van der Waals surface area (Å²) in [7, 11) is 0. The normalized spacial score (nSPS) is 39.7. The fourth-order valence-corrected chi connectivity index (χ4v) is 4.40. The Hall–Kier alpha value is -1.59. The number of hydrogen-bond donors (Lipinski definition) is 0. The Morgan fingerprint density at radius 1 is 1.33 bits per heavy atom. The van der Waals surface area contributed by atoms with Gasteiger partial charge < -0.3 is 14.2 Å². The lowest BCUT2D eigenvalue weighted by atomic mass is 9.71. The molecule has 24 heavy (non-hydrogen) atoms. The van der Waals surface area contributed by atoms with Crippen LogP contribution in [0.3, 0.4) is 0 Å². The molecule has 0 aromatic rings. The Kier molecular flexibility index (Phi) is 3.74. The molecule has 3 aliphatic rings. The molecule has 0 amide bonds. The second kappa shape index (κ2) is 5.20. The van der Waals surface area contributed by atoms with Crippen molar-refractivity contribution in [3.8, 4) is 0 Å². The van der Waals surface area contributed by atoms with E-state index in [1.807, 2.05) is 20.8 Å². The molecule has 6 heteroatoms. The van der Waals surface area contributed by atoms with E-state index in [2.05, 4.69) is 0 Å². The molecule has 1 aliphatic heterocycles. The van der Waals surface area contributed by atoms with Crippen LogP contribution in [0.1, 0.15) is 53.9 Å². The monoisotopic (exact) mass is 338 g/mol. The third kappa shape index (κ3) is 2.25. The van der Waals surface area contributed by atoms with Gasteiger partial charge in [0.15, 0.2) is 6.61 Å². The highest BCUT2D eigenvalue weighted by Crippen LogP contribution is 2.66. The van der Waals surface area contributed by atoms with E-state index in [0.29, 0.717) is 12.8 Å². The van der Waals surface area contributed by atoms with Crippen LogP contribution in [-0.2, 0) is 28.6 Å². The predicted molar refractivity (Wildman–Crippen MR) is 83.7 cm³/mol. The van der Waals surface area contributed by atoms with Crippen molar-refractivity contribution in [1.29, 1.82) is 0 Å². The summed E-state index contributed by atoms with van der Waals surface area (Å²) in [6.45, 7) is 8.80. The maximum atomic E-state index is 12.2. The minimum absolute atomic E-state index is 0.106. The van der Waals surface area contributed by atoms with Crippen molar-refractivity contribution < 1.29 is 28.6 Å². The van der Waals surface area contributed by atoms with Gasteiger partial charge in [-0.1, -0.05) is 6.92 Å². The molecule has 2 saturated carbocycles. The van der Waals surface area contributed by atoms with Crippen LogP contribution in [-0.4, -0.2) is 36.2 Å². The van der Waals surface area contributed by atoms with Crippen molar-refractivity contribution in [2.24, 2.45) is 22.7 Å². The molecule has 0 aromatic carbocycles. The second-order valence-electron chi connectivity index (χ2n) is 8.46. The lowest BCUT2D eigenvalue weighted by Gasteiger charge is -2.38. The lowest BCUT2D eigenvalue weighted by Crippen LogP contribution is -2.49. The van der Waals surface area contributed by atoms with Gasteiger partial charge in [0.05, 0.1) is 10.8 Å². The number of ether oxygens (including phenoxy) is 3. The van der Waals surface area contributed by atoms with Crippen LogP contribution in [0.5, 0.6) is 0 Å². The Bertz CT molecular complexity index is 596. The third-order valence-electron chi connectivity index (χ3n) is 6.56. The van der Waals surface area contributed by atoms with E-state index in [9.17, 15) is 14.4 Å². The summed E-state index contributed by atoms with van der Waals surface area (Å²) in [4.78, 5) is 36.3. The van der Waals surface area contributed by atoms with Gasteiger partial charge in [0.25, 0.3) is 0 Å². The topological polar surface area (TPSA) is 78.9 Å². The first-order valence-corrected chi connectivity index (χ1v) is 8.65. The average Bonchev–Trinajstić information content (AvgIpc) is 3.05. The fourth-order valence-electron chi connectivity index (χ4n) is 4.40. The minimum Gasteiger partial charge on any atom is -0.457 e. The van der Waals surface area contributed by atoms with Crippen molar-refractivity contribution in [1.82, 2.24) is 0 Å². The fraction of sp³-hybridized carbons (Fsp3) is 0.833. The van der Waals surface area contributed by atoms with E-state index in [0.717, 1.165) is 6.42 Å². The molecule has 0 N–H and O–H groups in total. The molecule has 5 atom stereocenters. The van der Waals surface area contributed by atoms with Gasteiger partial charge in [-0.2, -0.15) is 0 Å². The summed E-state index contributed by atoms with van der Waals surface area (Å²) < 4.78 is 16.3. The average molecular weight is 338 g/mol. The number of hydrogen-bond acceptors (Lipinski definition) is 6. The molecule has 2 aliphatic carbocycles. The van der Waals surface area contributed by atoms with Gasteiger partial charge in [-0.15, -0.1) is 0 Å². The molecule has 1 heterocycles. The summed E-state index contributed by atoms with van der Waals surface area (Å²) in [6, 6.07) is 0. The number of rotatable bonds is 5. The van der Waals surface area contributed by atoms with Gasteiger partial charge in [-0.3, -0.25) is 9.59 Å². The van der Waals surface area contributed by atoms with Crippen LogP contribution in [0, 0.1) is 22.7 Å². The summed E-state index contributed by atoms with van der Waals surface area (Å²) >= 11 is 0. The van der Waals surface area contributed by atoms with E-state index in [4.69, 9.17) is 14.2 Å². The zero-order chi connectivity index (χ0) is 17.9. The smallest absolute Gasteiger partial charge is 0.344 e. The quantitative estimate of drug-likeness (QED) is 0.565. The van der Waals surface area contributed by atoms with Crippen molar-refractivity contribution in [2.75, 3.05) is 6.61 Å². The molecule has 134 valence electrons. The van der Waals surface area contributed by atoms with Crippen LogP contribution < -0.4 is 0 Å². The SMILES string of the molecule is CCC(C)(C)C(=O)OCC(=O)OC1(C)C2CC3C1OC(=O)C3(C)C2. The van der Waals surface area contributed by atoms with Crippen molar-refractivity contribution in [3.05, 3.63) is 0 Å². The molecule has 3 rings (SSSR count). The van der Waals surface area contributed by atoms with E-state index in [1.165, 1.54) is 0 Å². The van der Waals surface area contributed by atoms with Crippen molar-refractivity contribution in [2.45, 2.75) is 65.6 Å². The Labute approximate surface area is 142 Å². The maximum Gasteiger partial charge on any atom is 0.344 e. The highest BCUT2D eigenvalue weighted by atomic mass is 16.6. The predicted octanol–water partition coefficient (Wildman–Crippen LogP) is 2.24. The Morgan fingerprint density at radius 3 is 2.62 bits per heavy atom. The number of esters is 3. The highest BCUT2D eigenvalue weighted by molar-refractivity contribution is 5.82. The molecule has 2 bridgehead atoms. The second-order valence-corrected chi connectivity index (χ2v) is 8.46. The Morgan fingerprint density at radius 2 is 2.00 bits per heavy atom. The molecular weight excluding hydrogens is 312 g/mol. The van der Waals surface area contributed by atoms with Crippen molar-refractivity contribution >= 4 is 17.9 Å². The first kappa shape index (κ1) is 17.2.